The predicted octanol–water partition coefficient (Wildman–Crippen LogP) is 3.34. The topological polar surface area (TPSA) is 38.3 Å². The highest BCUT2D eigenvalue weighted by molar-refractivity contribution is 5.68. The summed E-state index contributed by atoms with van der Waals surface area (Å²) in [5.41, 5.74) is -0.403. The Morgan fingerprint density at radius 1 is 1.31 bits per heavy atom. The minimum Gasteiger partial charge on any atom is -0.444 e. The van der Waals surface area contributed by atoms with Crippen LogP contribution in [-0.2, 0) is 4.74 Å². The molecule has 0 aromatic rings. The van der Waals surface area contributed by atoms with Crippen LogP contribution in [-0.4, -0.2) is 17.7 Å². The Bertz CT molecular complexity index is 243. The fraction of sp³-hybridized carbons (Fsp3) is 0.923. The molecule has 1 rings (SSSR count). The van der Waals surface area contributed by atoms with Crippen molar-refractivity contribution in [3.63, 3.8) is 0 Å². The van der Waals surface area contributed by atoms with Gasteiger partial charge in [-0.2, -0.15) is 0 Å². The Labute approximate surface area is 98.9 Å². The van der Waals surface area contributed by atoms with Crippen molar-refractivity contribution in [1.82, 2.24) is 5.32 Å². The lowest BCUT2D eigenvalue weighted by atomic mass is 9.94. The highest BCUT2D eigenvalue weighted by Crippen LogP contribution is 2.31. The van der Waals surface area contributed by atoms with Gasteiger partial charge in [0.25, 0.3) is 0 Å². The molecule has 0 aliphatic heterocycles. The first-order valence-corrected chi connectivity index (χ1v) is 6.27. The van der Waals surface area contributed by atoms with Crippen molar-refractivity contribution in [2.75, 3.05) is 0 Å². The van der Waals surface area contributed by atoms with Gasteiger partial charge in [-0.15, -0.1) is 0 Å². The summed E-state index contributed by atoms with van der Waals surface area (Å²) in [4.78, 5) is 11.6. The van der Waals surface area contributed by atoms with E-state index in [9.17, 15) is 4.79 Å². The van der Waals surface area contributed by atoms with Gasteiger partial charge in [-0.3, -0.25) is 0 Å². The Morgan fingerprint density at radius 3 is 2.38 bits per heavy atom. The zero-order chi connectivity index (χ0) is 12.3. The van der Waals surface area contributed by atoms with E-state index < -0.39 is 5.60 Å². The van der Waals surface area contributed by atoms with Gasteiger partial charge in [-0.05, 0) is 51.9 Å². The van der Waals surface area contributed by atoms with Crippen LogP contribution in [0.5, 0.6) is 0 Å². The van der Waals surface area contributed by atoms with Gasteiger partial charge in [0.1, 0.15) is 5.60 Å². The SMILES string of the molecule is CC(C)[C@H]1CC[C@H](NC(=O)OC(C)(C)C)C1. The number of carbonyl (C=O) groups excluding carboxylic acids is 1. The summed E-state index contributed by atoms with van der Waals surface area (Å²) in [5.74, 6) is 1.46. The van der Waals surface area contributed by atoms with Gasteiger partial charge in [0, 0.05) is 6.04 Å². The lowest BCUT2D eigenvalue weighted by Crippen LogP contribution is -2.38. The van der Waals surface area contributed by atoms with Crippen LogP contribution in [0.15, 0.2) is 0 Å². The van der Waals surface area contributed by atoms with Gasteiger partial charge in [-0.1, -0.05) is 13.8 Å². The summed E-state index contributed by atoms with van der Waals surface area (Å²) in [7, 11) is 0. The van der Waals surface area contributed by atoms with Gasteiger partial charge < -0.3 is 10.1 Å². The van der Waals surface area contributed by atoms with E-state index in [-0.39, 0.29) is 6.09 Å². The molecule has 0 saturated heterocycles. The molecule has 1 aliphatic carbocycles. The molecular formula is C13H25NO2. The molecular weight excluding hydrogens is 202 g/mol. The molecule has 0 bridgehead atoms. The van der Waals surface area contributed by atoms with Gasteiger partial charge in [0.2, 0.25) is 0 Å². The van der Waals surface area contributed by atoms with Crippen LogP contribution in [0.25, 0.3) is 0 Å². The molecule has 1 amide bonds. The molecule has 0 heterocycles. The number of carbonyl (C=O) groups is 1. The van der Waals surface area contributed by atoms with Crippen LogP contribution in [0.4, 0.5) is 4.79 Å². The lowest BCUT2D eigenvalue weighted by molar-refractivity contribution is 0.0504. The Balaban J connectivity index is 2.32. The van der Waals surface area contributed by atoms with Crippen molar-refractivity contribution in [2.24, 2.45) is 11.8 Å². The highest BCUT2D eigenvalue weighted by atomic mass is 16.6. The maximum absolute atomic E-state index is 11.6. The van der Waals surface area contributed by atoms with E-state index in [1.54, 1.807) is 0 Å². The zero-order valence-corrected chi connectivity index (χ0v) is 11.2. The number of hydrogen-bond acceptors (Lipinski definition) is 2. The van der Waals surface area contributed by atoms with Crippen LogP contribution in [0.2, 0.25) is 0 Å². The van der Waals surface area contributed by atoms with Crippen LogP contribution < -0.4 is 5.32 Å². The first-order chi connectivity index (χ1) is 7.28. The van der Waals surface area contributed by atoms with Gasteiger partial charge >= 0.3 is 6.09 Å². The fourth-order valence-corrected chi connectivity index (χ4v) is 2.23. The monoisotopic (exact) mass is 227 g/mol. The Hall–Kier alpha value is -0.730. The van der Waals surface area contributed by atoms with Gasteiger partial charge in [-0.25, -0.2) is 4.79 Å². The zero-order valence-electron chi connectivity index (χ0n) is 11.2. The Kier molecular flexibility index (Phi) is 4.22. The van der Waals surface area contributed by atoms with E-state index >= 15 is 0 Å². The molecule has 1 aliphatic rings. The largest absolute Gasteiger partial charge is 0.444 e. The van der Waals surface area contributed by atoms with Gasteiger partial charge in [0.05, 0.1) is 0 Å². The molecule has 0 unspecified atom stereocenters. The lowest BCUT2D eigenvalue weighted by Gasteiger charge is -2.22. The first-order valence-electron chi connectivity index (χ1n) is 6.27. The minimum atomic E-state index is -0.403. The van der Waals surface area contributed by atoms with Crippen molar-refractivity contribution < 1.29 is 9.53 Å². The molecule has 1 N–H and O–H groups in total. The fourth-order valence-electron chi connectivity index (χ4n) is 2.23. The second-order valence-electron chi connectivity index (χ2n) is 6.16. The van der Waals surface area contributed by atoms with E-state index in [1.807, 2.05) is 20.8 Å². The average molecular weight is 227 g/mol. The standard InChI is InChI=1S/C13H25NO2/c1-9(2)10-6-7-11(8-10)14-12(15)16-13(3,4)5/h9-11H,6-8H2,1-5H3,(H,14,15)/t10-,11-/m0/s1. The molecule has 0 radical (unpaired) electrons. The smallest absolute Gasteiger partial charge is 0.407 e. The van der Waals surface area contributed by atoms with E-state index in [1.165, 1.54) is 6.42 Å². The molecule has 3 heteroatoms. The molecule has 3 nitrogen and oxygen atoms in total. The third kappa shape index (κ3) is 4.42. The molecule has 0 spiro atoms. The van der Waals surface area contributed by atoms with E-state index in [0.717, 1.165) is 18.8 Å². The van der Waals surface area contributed by atoms with Crippen LogP contribution in [0, 0.1) is 11.8 Å². The number of amides is 1. The van der Waals surface area contributed by atoms with Crippen LogP contribution in [0.3, 0.4) is 0 Å². The third-order valence-electron chi connectivity index (χ3n) is 3.14. The molecule has 16 heavy (non-hydrogen) atoms. The molecule has 1 saturated carbocycles. The summed E-state index contributed by atoms with van der Waals surface area (Å²) in [5, 5.41) is 2.96. The molecule has 2 atom stereocenters. The van der Waals surface area contributed by atoms with Crippen molar-refractivity contribution >= 4 is 6.09 Å². The maximum atomic E-state index is 11.6. The van der Waals surface area contributed by atoms with Gasteiger partial charge in [0.15, 0.2) is 0 Å². The van der Waals surface area contributed by atoms with E-state index in [0.29, 0.717) is 12.0 Å². The molecule has 0 aromatic heterocycles. The number of nitrogens with one attached hydrogen (secondary N) is 1. The summed E-state index contributed by atoms with van der Waals surface area (Å²) < 4.78 is 5.25. The second kappa shape index (κ2) is 5.07. The van der Waals surface area contributed by atoms with Crippen molar-refractivity contribution in [3.05, 3.63) is 0 Å². The number of hydrogen-bond donors (Lipinski definition) is 1. The summed E-state index contributed by atoms with van der Waals surface area (Å²) in [6, 6.07) is 0.308. The summed E-state index contributed by atoms with van der Waals surface area (Å²) in [6.45, 7) is 10.2. The average Bonchev–Trinajstić information content (AvgIpc) is 2.48. The third-order valence-corrected chi connectivity index (χ3v) is 3.14. The summed E-state index contributed by atoms with van der Waals surface area (Å²) in [6.07, 6.45) is 3.12. The van der Waals surface area contributed by atoms with Crippen LogP contribution in [0.1, 0.15) is 53.9 Å². The molecule has 94 valence electrons. The first kappa shape index (κ1) is 13.3. The van der Waals surface area contributed by atoms with Crippen molar-refractivity contribution in [3.8, 4) is 0 Å². The summed E-state index contributed by atoms with van der Waals surface area (Å²) >= 11 is 0. The Morgan fingerprint density at radius 2 is 1.94 bits per heavy atom. The second-order valence-corrected chi connectivity index (χ2v) is 6.16. The maximum Gasteiger partial charge on any atom is 0.407 e. The van der Waals surface area contributed by atoms with Crippen molar-refractivity contribution in [2.45, 2.75) is 65.5 Å². The molecule has 0 aromatic carbocycles. The molecule has 1 fully saturated rings. The normalized spacial score (nSPS) is 25.9. The quantitative estimate of drug-likeness (QED) is 0.785. The number of rotatable bonds is 2. The number of alkyl carbamates (subject to hydrolysis) is 1. The number of ether oxygens (including phenoxy) is 1. The highest BCUT2D eigenvalue weighted by Gasteiger charge is 2.28. The minimum absolute atomic E-state index is 0.276. The van der Waals surface area contributed by atoms with E-state index in [4.69, 9.17) is 4.74 Å². The predicted molar refractivity (Wildman–Crippen MR) is 65.3 cm³/mol. The van der Waals surface area contributed by atoms with E-state index in [2.05, 4.69) is 19.2 Å². The van der Waals surface area contributed by atoms with Crippen LogP contribution >= 0.6 is 0 Å². The van der Waals surface area contributed by atoms with Crippen molar-refractivity contribution in [1.29, 1.82) is 0 Å².